The zero-order chi connectivity index (χ0) is 14.6. The van der Waals surface area contributed by atoms with Gasteiger partial charge >= 0.3 is 0 Å². The van der Waals surface area contributed by atoms with Crippen molar-refractivity contribution in [2.24, 2.45) is 34.8 Å². The maximum Gasteiger partial charge on any atom is 0.0608 e. The predicted molar refractivity (Wildman–Crippen MR) is 82.9 cm³/mol. The lowest BCUT2D eigenvalue weighted by Crippen LogP contribution is -2.38. The molecule has 114 valence electrons. The van der Waals surface area contributed by atoms with E-state index < -0.39 is 0 Å². The molecule has 0 radical (unpaired) electrons. The zero-order valence-electron chi connectivity index (χ0n) is 13.7. The fourth-order valence-electron chi connectivity index (χ4n) is 3.69. The average molecular weight is 269 g/mol. The van der Waals surface area contributed by atoms with Crippen LogP contribution in [0.4, 0.5) is 0 Å². The van der Waals surface area contributed by atoms with Crippen LogP contribution in [0.2, 0.25) is 0 Å². The van der Waals surface area contributed by atoms with Crippen molar-refractivity contribution in [2.75, 3.05) is 6.54 Å². The molecule has 1 saturated carbocycles. The summed E-state index contributed by atoms with van der Waals surface area (Å²) < 4.78 is 0. The Morgan fingerprint density at radius 1 is 1.11 bits per heavy atom. The third kappa shape index (κ3) is 5.07. The van der Waals surface area contributed by atoms with Crippen molar-refractivity contribution in [3.8, 4) is 0 Å². The van der Waals surface area contributed by atoms with Gasteiger partial charge in [-0.1, -0.05) is 34.6 Å². The first kappa shape index (κ1) is 17.0. The van der Waals surface area contributed by atoms with Crippen LogP contribution in [0.15, 0.2) is 0 Å². The Kier molecular flexibility index (Phi) is 6.32. The van der Waals surface area contributed by atoms with Gasteiger partial charge in [0.2, 0.25) is 0 Å². The summed E-state index contributed by atoms with van der Waals surface area (Å²) >= 11 is 0. The van der Waals surface area contributed by atoms with Gasteiger partial charge in [-0.2, -0.15) is 0 Å². The summed E-state index contributed by atoms with van der Waals surface area (Å²) in [6.07, 6.45) is 5.76. The van der Waals surface area contributed by atoms with Gasteiger partial charge in [0.25, 0.3) is 0 Å². The molecule has 1 aliphatic carbocycles. The number of aliphatic hydroxyl groups is 1. The monoisotopic (exact) mass is 269 g/mol. The van der Waals surface area contributed by atoms with E-state index in [1.807, 2.05) is 0 Å². The van der Waals surface area contributed by atoms with Gasteiger partial charge in [0.15, 0.2) is 0 Å². The van der Waals surface area contributed by atoms with Crippen LogP contribution in [0.5, 0.6) is 0 Å². The fourth-order valence-corrected chi connectivity index (χ4v) is 3.69. The second-order valence-electron chi connectivity index (χ2n) is 8.09. The van der Waals surface area contributed by atoms with E-state index in [9.17, 15) is 5.11 Å². The minimum absolute atomic E-state index is 0.187. The van der Waals surface area contributed by atoms with Crippen molar-refractivity contribution in [2.45, 2.75) is 72.8 Å². The molecule has 19 heavy (non-hydrogen) atoms. The maximum absolute atomic E-state index is 10.6. The van der Waals surface area contributed by atoms with Crippen molar-refractivity contribution in [1.29, 1.82) is 0 Å². The first-order chi connectivity index (χ1) is 8.75. The van der Waals surface area contributed by atoms with Crippen molar-refractivity contribution in [3.63, 3.8) is 0 Å². The van der Waals surface area contributed by atoms with Crippen LogP contribution in [-0.2, 0) is 0 Å². The molecular formula is C17H35NO. The summed E-state index contributed by atoms with van der Waals surface area (Å²) in [7, 11) is 0. The quantitative estimate of drug-likeness (QED) is 0.797. The van der Waals surface area contributed by atoms with Gasteiger partial charge in [0, 0.05) is 0 Å². The van der Waals surface area contributed by atoms with Crippen molar-refractivity contribution >= 4 is 0 Å². The highest BCUT2D eigenvalue weighted by atomic mass is 16.3. The first-order valence-electron chi connectivity index (χ1n) is 8.13. The highest BCUT2D eigenvalue weighted by Crippen LogP contribution is 2.41. The van der Waals surface area contributed by atoms with Crippen LogP contribution in [-0.4, -0.2) is 17.8 Å². The summed E-state index contributed by atoms with van der Waals surface area (Å²) in [6, 6.07) is 0. The Morgan fingerprint density at radius 2 is 1.63 bits per heavy atom. The Morgan fingerprint density at radius 3 is 2.00 bits per heavy atom. The van der Waals surface area contributed by atoms with Gasteiger partial charge in [-0.15, -0.1) is 0 Å². The minimum Gasteiger partial charge on any atom is -0.393 e. The molecule has 0 spiro atoms. The van der Waals surface area contributed by atoms with E-state index in [0.29, 0.717) is 23.8 Å². The molecule has 2 unspecified atom stereocenters. The van der Waals surface area contributed by atoms with E-state index >= 15 is 0 Å². The molecule has 3 N–H and O–H groups in total. The van der Waals surface area contributed by atoms with Gasteiger partial charge in [-0.3, -0.25) is 0 Å². The van der Waals surface area contributed by atoms with Gasteiger partial charge in [0.1, 0.15) is 0 Å². The Labute approximate surface area is 120 Å². The fraction of sp³-hybridized carbons (Fsp3) is 1.00. The standard InChI is InChI=1S/C17H35NO/c1-12(2)10-14(11-18)16(19)13-6-8-15(9-7-13)17(3,4)5/h12-16,19H,6-11,18H2,1-5H3. The lowest BCUT2D eigenvalue weighted by Gasteiger charge is -2.40. The van der Waals surface area contributed by atoms with E-state index in [-0.39, 0.29) is 12.0 Å². The number of rotatable bonds is 5. The topological polar surface area (TPSA) is 46.2 Å². The van der Waals surface area contributed by atoms with E-state index in [2.05, 4.69) is 34.6 Å². The van der Waals surface area contributed by atoms with Crippen molar-refractivity contribution in [3.05, 3.63) is 0 Å². The molecule has 0 aromatic heterocycles. The molecule has 0 aromatic rings. The molecule has 1 fully saturated rings. The molecule has 2 atom stereocenters. The minimum atomic E-state index is -0.187. The van der Waals surface area contributed by atoms with Crippen LogP contribution < -0.4 is 5.73 Å². The highest BCUT2D eigenvalue weighted by Gasteiger charge is 2.34. The number of nitrogens with two attached hydrogens (primary N) is 1. The SMILES string of the molecule is CC(C)CC(CN)C(O)C1CCC(C(C)(C)C)CC1. The normalized spacial score (nSPS) is 28.4. The molecule has 1 aliphatic rings. The molecule has 2 nitrogen and oxygen atoms in total. The number of hydrogen-bond donors (Lipinski definition) is 2. The highest BCUT2D eigenvalue weighted by molar-refractivity contribution is 4.86. The molecule has 0 aliphatic heterocycles. The number of aliphatic hydroxyl groups excluding tert-OH is 1. The van der Waals surface area contributed by atoms with E-state index in [0.717, 1.165) is 12.3 Å². The Bertz CT molecular complexity index is 248. The van der Waals surface area contributed by atoms with Crippen LogP contribution in [0, 0.1) is 29.1 Å². The summed E-state index contributed by atoms with van der Waals surface area (Å²) in [6.45, 7) is 12.1. The van der Waals surface area contributed by atoms with Crippen LogP contribution in [0.25, 0.3) is 0 Å². The molecule has 0 bridgehead atoms. The predicted octanol–water partition coefficient (Wildman–Crippen LogP) is 3.82. The van der Waals surface area contributed by atoms with Gasteiger partial charge in [-0.05, 0) is 67.7 Å². The molecule has 1 rings (SSSR count). The molecule has 2 heteroatoms. The third-order valence-electron chi connectivity index (χ3n) is 5.04. The average Bonchev–Trinajstić information content (AvgIpc) is 2.34. The third-order valence-corrected chi connectivity index (χ3v) is 5.04. The van der Waals surface area contributed by atoms with E-state index in [1.54, 1.807) is 0 Å². The lowest BCUT2D eigenvalue weighted by atomic mass is 9.67. The molecule has 0 heterocycles. The molecule has 0 aromatic carbocycles. The summed E-state index contributed by atoms with van der Waals surface area (Å²) in [4.78, 5) is 0. The Balaban J connectivity index is 2.49. The van der Waals surface area contributed by atoms with E-state index in [1.165, 1.54) is 25.7 Å². The van der Waals surface area contributed by atoms with Crippen molar-refractivity contribution < 1.29 is 5.11 Å². The second-order valence-corrected chi connectivity index (χ2v) is 8.09. The van der Waals surface area contributed by atoms with Gasteiger partial charge in [0.05, 0.1) is 6.10 Å². The Hall–Kier alpha value is -0.0800. The van der Waals surface area contributed by atoms with Gasteiger partial charge in [-0.25, -0.2) is 0 Å². The summed E-state index contributed by atoms with van der Waals surface area (Å²) in [5.74, 6) is 2.20. The molecular weight excluding hydrogens is 234 g/mol. The van der Waals surface area contributed by atoms with Gasteiger partial charge < -0.3 is 10.8 Å². The summed E-state index contributed by atoms with van der Waals surface area (Å²) in [5, 5.41) is 10.6. The zero-order valence-corrected chi connectivity index (χ0v) is 13.7. The maximum atomic E-state index is 10.6. The first-order valence-corrected chi connectivity index (χ1v) is 8.13. The number of hydrogen-bond acceptors (Lipinski definition) is 2. The van der Waals surface area contributed by atoms with Crippen LogP contribution in [0.3, 0.4) is 0 Å². The van der Waals surface area contributed by atoms with Crippen LogP contribution in [0.1, 0.15) is 66.7 Å². The summed E-state index contributed by atoms with van der Waals surface area (Å²) in [5.41, 5.74) is 6.28. The molecule has 0 saturated heterocycles. The van der Waals surface area contributed by atoms with E-state index in [4.69, 9.17) is 5.73 Å². The molecule has 0 amide bonds. The lowest BCUT2D eigenvalue weighted by molar-refractivity contribution is 0.0107. The largest absolute Gasteiger partial charge is 0.393 e. The van der Waals surface area contributed by atoms with Crippen molar-refractivity contribution in [1.82, 2.24) is 0 Å². The smallest absolute Gasteiger partial charge is 0.0608 e. The van der Waals surface area contributed by atoms with Crippen LogP contribution >= 0.6 is 0 Å². The second kappa shape index (κ2) is 7.08.